The van der Waals surface area contributed by atoms with Gasteiger partial charge in [-0.25, -0.2) is 4.39 Å². The Morgan fingerprint density at radius 2 is 1.79 bits per heavy atom. The SMILES string of the molecule is CC(C)(C)OC(=O)CC(CCC=Cc1c(C2CC2)nc2ccccc2c1-c1ccc(F)cc1)OC(C)(C)O. The van der Waals surface area contributed by atoms with Crippen LogP contribution in [0, 0.1) is 5.82 Å². The Balaban J connectivity index is 1.62. The van der Waals surface area contributed by atoms with Crippen molar-refractivity contribution in [2.45, 2.75) is 90.1 Å². The highest BCUT2D eigenvalue weighted by molar-refractivity contribution is 5.99. The van der Waals surface area contributed by atoms with E-state index in [1.807, 2.05) is 51.1 Å². The summed E-state index contributed by atoms with van der Waals surface area (Å²) >= 11 is 0. The normalized spacial score (nSPS) is 15.2. The second-order valence-corrected chi connectivity index (χ2v) is 11.5. The molecule has 1 atom stereocenters. The van der Waals surface area contributed by atoms with E-state index in [0.717, 1.165) is 46.1 Å². The molecular formula is C32H38FNO4. The molecule has 0 aliphatic heterocycles. The van der Waals surface area contributed by atoms with Crippen molar-refractivity contribution >= 4 is 22.9 Å². The van der Waals surface area contributed by atoms with Crippen LogP contribution in [-0.2, 0) is 14.3 Å². The molecule has 3 aromatic rings. The molecule has 2 aromatic carbocycles. The fourth-order valence-electron chi connectivity index (χ4n) is 4.67. The van der Waals surface area contributed by atoms with Crippen LogP contribution in [0.5, 0.6) is 0 Å². The van der Waals surface area contributed by atoms with Crippen LogP contribution in [0.25, 0.3) is 28.1 Å². The number of hydrogen-bond acceptors (Lipinski definition) is 5. The first-order chi connectivity index (χ1) is 17.9. The predicted octanol–water partition coefficient (Wildman–Crippen LogP) is 7.56. The van der Waals surface area contributed by atoms with Crippen LogP contribution >= 0.6 is 0 Å². The minimum atomic E-state index is -1.37. The Bertz CT molecular complexity index is 1300. The van der Waals surface area contributed by atoms with Crippen LogP contribution < -0.4 is 0 Å². The van der Waals surface area contributed by atoms with Crippen molar-refractivity contribution in [2.75, 3.05) is 0 Å². The maximum atomic E-state index is 13.8. The third-order valence-corrected chi connectivity index (χ3v) is 6.27. The molecular weight excluding hydrogens is 481 g/mol. The van der Waals surface area contributed by atoms with E-state index in [-0.39, 0.29) is 18.2 Å². The largest absolute Gasteiger partial charge is 0.460 e. The number of aromatic nitrogens is 1. The van der Waals surface area contributed by atoms with Crippen molar-refractivity contribution in [3.05, 3.63) is 71.7 Å². The molecule has 5 nitrogen and oxygen atoms in total. The summed E-state index contributed by atoms with van der Waals surface area (Å²) in [6.07, 6.45) is 7.10. The molecule has 1 aliphatic rings. The second kappa shape index (κ2) is 11.3. The highest BCUT2D eigenvalue weighted by Gasteiger charge is 2.30. The van der Waals surface area contributed by atoms with E-state index in [0.29, 0.717) is 18.8 Å². The maximum absolute atomic E-state index is 13.8. The summed E-state index contributed by atoms with van der Waals surface area (Å²) in [5, 5.41) is 11.3. The fraction of sp³-hybridized carbons (Fsp3) is 0.438. The molecule has 1 aromatic heterocycles. The van der Waals surface area contributed by atoms with Crippen molar-refractivity contribution in [3.63, 3.8) is 0 Å². The molecule has 1 fully saturated rings. The van der Waals surface area contributed by atoms with Crippen molar-refractivity contribution < 1.29 is 23.8 Å². The molecule has 1 unspecified atom stereocenters. The van der Waals surface area contributed by atoms with Gasteiger partial charge in [0.25, 0.3) is 0 Å². The fourth-order valence-corrected chi connectivity index (χ4v) is 4.67. The van der Waals surface area contributed by atoms with Gasteiger partial charge in [0.2, 0.25) is 0 Å². The predicted molar refractivity (Wildman–Crippen MR) is 149 cm³/mol. The van der Waals surface area contributed by atoms with Crippen LogP contribution in [0.1, 0.15) is 83.9 Å². The molecule has 1 heterocycles. The molecule has 4 rings (SSSR count). The maximum Gasteiger partial charge on any atom is 0.308 e. The number of esters is 1. The summed E-state index contributed by atoms with van der Waals surface area (Å²) < 4.78 is 25.0. The van der Waals surface area contributed by atoms with Gasteiger partial charge in [-0.2, -0.15) is 0 Å². The van der Waals surface area contributed by atoms with Crippen LogP contribution in [0.15, 0.2) is 54.6 Å². The lowest BCUT2D eigenvalue weighted by Crippen LogP contribution is -2.33. The van der Waals surface area contributed by atoms with Gasteiger partial charge in [0.15, 0.2) is 5.79 Å². The lowest BCUT2D eigenvalue weighted by atomic mass is 9.92. The van der Waals surface area contributed by atoms with Gasteiger partial charge in [-0.15, -0.1) is 0 Å². The average Bonchev–Trinajstić information content (AvgIpc) is 3.65. The van der Waals surface area contributed by atoms with E-state index in [1.165, 1.54) is 12.1 Å². The number of allylic oxidation sites excluding steroid dienone is 1. The second-order valence-electron chi connectivity index (χ2n) is 11.5. The number of rotatable bonds is 10. The standard InChI is InChI=1S/C32H38FNO4/c1-31(2,3)38-28(35)20-24(37-32(4,5)36)10-6-7-12-26-29(21-16-18-23(33)19-17-21)25-11-8-9-13-27(25)34-30(26)22-14-15-22/h7-9,11-13,16-19,22,24,36H,6,10,14-15,20H2,1-5H3. The Hall–Kier alpha value is -3.09. The highest BCUT2D eigenvalue weighted by atomic mass is 19.1. The summed E-state index contributed by atoms with van der Waals surface area (Å²) in [5.41, 5.74) is 4.45. The van der Waals surface area contributed by atoms with Crippen molar-refractivity contribution in [1.82, 2.24) is 4.98 Å². The molecule has 1 N–H and O–H groups in total. The first-order valence-corrected chi connectivity index (χ1v) is 13.4. The summed E-state index contributed by atoms with van der Waals surface area (Å²) in [7, 11) is 0. The van der Waals surface area contributed by atoms with Crippen LogP contribution in [0.2, 0.25) is 0 Å². The average molecular weight is 520 g/mol. The Morgan fingerprint density at radius 3 is 2.42 bits per heavy atom. The zero-order chi connectivity index (χ0) is 27.5. The monoisotopic (exact) mass is 519 g/mol. The molecule has 1 saturated carbocycles. The van der Waals surface area contributed by atoms with Crippen LogP contribution in [0.4, 0.5) is 4.39 Å². The van der Waals surface area contributed by atoms with Gasteiger partial charge < -0.3 is 14.6 Å². The number of fused-ring (bicyclic) bond motifs is 1. The summed E-state index contributed by atoms with van der Waals surface area (Å²) in [6, 6.07) is 14.7. The smallest absolute Gasteiger partial charge is 0.308 e. The number of aliphatic hydroxyl groups is 1. The van der Waals surface area contributed by atoms with Crippen molar-refractivity contribution in [1.29, 1.82) is 0 Å². The number of pyridine rings is 1. The zero-order valence-corrected chi connectivity index (χ0v) is 23.0. The summed E-state index contributed by atoms with van der Waals surface area (Å²) in [4.78, 5) is 17.5. The Labute approximate surface area is 224 Å². The quantitative estimate of drug-likeness (QED) is 0.221. The van der Waals surface area contributed by atoms with E-state index in [9.17, 15) is 14.3 Å². The van der Waals surface area contributed by atoms with Gasteiger partial charge in [0, 0.05) is 22.4 Å². The van der Waals surface area contributed by atoms with Crippen molar-refractivity contribution in [2.24, 2.45) is 0 Å². The third kappa shape index (κ3) is 7.71. The van der Waals surface area contributed by atoms with Crippen LogP contribution in [-0.4, -0.2) is 33.6 Å². The Morgan fingerprint density at radius 1 is 1.11 bits per heavy atom. The molecule has 1 aliphatic carbocycles. The molecule has 0 radical (unpaired) electrons. The number of halogens is 1. The molecule has 0 saturated heterocycles. The lowest BCUT2D eigenvalue weighted by molar-refractivity contribution is -0.211. The number of para-hydroxylation sites is 1. The molecule has 6 heteroatoms. The van der Waals surface area contributed by atoms with E-state index >= 15 is 0 Å². The van der Waals surface area contributed by atoms with Gasteiger partial charge in [-0.05, 0) is 84.1 Å². The topological polar surface area (TPSA) is 68.7 Å². The van der Waals surface area contributed by atoms with Gasteiger partial charge in [0.05, 0.1) is 23.7 Å². The van der Waals surface area contributed by atoms with Gasteiger partial charge in [-0.1, -0.05) is 42.5 Å². The van der Waals surface area contributed by atoms with Crippen molar-refractivity contribution in [3.8, 4) is 11.1 Å². The molecule has 38 heavy (non-hydrogen) atoms. The summed E-state index contributed by atoms with van der Waals surface area (Å²) in [6.45, 7) is 8.60. The number of hydrogen-bond donors (Lipinski definition) is 1. The van der Waals surface area contributed by atoms with Crippen LogP contribution in [0.3, 0.4) is 0 Å². The van der Waals surface area contributed by atoms with E-state index < -0.39 is 17.5 Å². The minimum Gasteiger partial charge on any atom is -0.460 e. The molecule has 0 amide bonds. The molecule has 0 spiro atoms. The Kier molecular flexibility index (Phi) is 8.34. The number of nitrogens with zero attached hydrogens (tertiary/aromatic N) is 1. The lowest BCUT2D eigenvalue weighted by Gasteiger charge is -2.27. The first-order valence-electron chi connectivity index (χ1n) is 13.4. The van der Waals surface area contributed by atoms with Gasteiger partial charge in [-0.3, -0.25) is 9.78 Å². The zero-order valence-electron chi connectivity index (χ0n) is 23.0. The number of carbonyl (C=O) groups excluding carboxylic acids is 1. The van der Waals surface area contributed by atoms with Gasteiger partial charge in [0.1, 0.15) is 11.4 Å². The van der Waals surface area contributed by atoms with E-state index in [2.05, 4.69) is 18.2 Å². The number of carbonyl (C=O) groups is 1. The summed E-state index contributed by atoms with van der Waals surface area (Å²) in [5.74, 6) is -1.58. The number of ether oxygens (including phenoxy) is 2. The van der Waals surface area contributed by atoms with E-state index in [4.69, 9.17) is 14.5 Å². The van der Waals surface area contributed by atoms with Gasteiger partial charge >= 0.3 is 5.97 Å². The number of benzene rings is 2. The minimum absolute atomic E-state index is 0.0563. The van der Waals surface area contributed by atoms with E-state index in [1.54, 1.807) is 13.8 Å². The molecule has 0 bridgehead atoms. The first kappa shape index (κ1) is 27.9. The molecule has 202 valence electrons. The highest BCUT2D eigenvalue weighted by Crippen LogP contribution is 2.45. The third-order valence-electron chi connectivity index (χ3n) is 6.27.